The molecule has 0 aliphatic heterocycles. The molecule has 0 aliphatic rings. The van der Waals surface area contributed by atoms with Crippen molar-refractivity contribution in [3.8, 4) is 0 Å². The molecule has 5 heavy (non-hydrogen) atoms. The molecule has 0 atom stereocenters. The summed E-state index contributed by atoms with van der Waals surface area (Å²) in [5.41, 5.74) is 0. The molecule has 0 aromatic rings. The summed E-state index contributed by atoms with van der Waals surface area (Å²) in [4.78, 5) is 0. The predicted molar refractivity (Wildman–Crippen MR) is 22.1 cm³/mol. The average Bonchev–Trinajstić information content (AvgIpc) is 0. The Kier molecular flexibility index (Phi) is 341. The number of hydrogen-bond donors (Lipinski definition) is 0. The summed E-state index contributed by atoms with van der Waals surface area (Å²) >= 11 is 0. The second kappa shape index (κ2) is 32.4. The van der Waals surface area contributed by atoms with Gasteiger partial charge in [0.15, 0.2) is 0 Å². The zero-order valence-corrected chi connectivity index (χ0v) is 9.18. The summed E-state index contributed by atoms with van der Waals surface area (Å²) < 4.78 is 0. The summed E-state index contributed by atoms with van der Waals surface area (Å²) in [7, 11) is 0. The second-order valence-corrected chi connectivity index (χ2v) is 0. The first kappa shape index (κ1) is 52.6. The van der Waals surface area contributed by atoms with Crippen molar-refractivity contribution in [1.82, 2.24) is 0 Å². The predicted octanol–water partition coefficient (Wildman–Crippen LogP) is -0.0122. The van der Waals surface area contributed by atoms with E-state index in [2.05, 4.69) is 0 Å². The van der Waals surface area contributed by atoms with Gasteiger partial charge in [-0.25, -0.2) is 0 Å². The molecule has 0 N–H and O–H groups in total. The molecule has 0 spiro atoms. The van der Waals surface area contributed by atoms with Gasteiger partial charge in [0.2, 0.25) is 0 Å². The molecule has 5 heteroatoms. The van der Waals surface area contributed by atoms with Crippen LogP contribution in [0.1, 0.15) is 0 Å². The van der Waals surface area contributed by atoms with E-state index >= 15 is 0 Å². The molecule has 0 aromatic heterocycles. The van der Waals surface area contributed by atoms with E-state index < -0.39 is 0 Å². The molecule has 0 bridgehead atoms. The van der Waals surface area contributed by atoms with Gasteiger partial charge in [-0.1, -0.05) is 0 Å². The molecular formula is MoReS3. The van der Waals surface area contributed by atoms with E-state index in [1.807, 2.05) is 0 Å². The van der Waals surface area contributed by atoms with Gasteiger partial charge in [0, 0.05) is 20.4 Å². The van der Waals surface area contributed by atoms with Gasteiger partial charge in [0.05, 0.1) is 0 Å². The molecule has 0 aromatic carbocycles. The van der Waals surface area contributed by atoms with E-state index in [4.69, 9.17) is 0 Å². The zero-order chi connectivity index (χ0) is 0. The minimum atomic E-state index is 0. The monoisotopic (exact) mass is 381 g/mol. The van der Waals surface area contributed by atoms with Crippen molar-refractivity contribution < 1.29 is 41.5 Å². The number of rotatable bonds is 0. The van der Waals surface area contributed by atoms with Gasteiger partial charge in [-0.05, 0) is 0 Å². The zero-order valence-electron chi connectivity index (χ0n) is 2.01. The molecule has 0 nitrogen and oxygen atoms in total. The molecule has 0 aliphatic carbocycles. The van der Waals surface area contributed by atoms with Gasteiger partial charge in [-0.3, -0.25) is 0 Å². The topological polar surface area (TPSA) is 0 Å². The van der Waals surface area contributed by atoms with Crippen LogP contribution in [0.5, 0.6) is 0 Å². The summed E-state index contributed by atoms with van der Waals surface area (Å²) in [6.07, 6.45) is 0. The Morgan fingerprint density at radius 1 is 0.600 bits per heavy atom. The van der Waals surface area contributed by atoms with Crippen LogP contribution in [0.3, 0.4) is 0 Å². The third kappa shape index (κ3) is 21.5. The Balaban J connectivity index is 0. The maximum atomic E-state index is 0. The first-order chi connectivity index (χ1) is 0. The van der Waals surface area contributed by atoms with E-state index in [1.54, 1.807) is 0 Å². The van der Waals surface area contributed by atoms with Crippen LogP contribution in [0.15, 0.2) is 0 Å². The second-order valence-electron chi connectivity index (χ2n) is 0. The molecule has 0 rings (SSSR count). The standard InChI is InChI=1S/Mo.Re.3S/q+6;;3*-2. The summed E-state index contributed by atoms with van der Waals surface area (Å²) in [6, 6.07) is 0. The first-order valence-corrected chi connectivity index (χ1v) is 0. The Hall–Kier alpha value is 2.40. The summed E-state index contributed by atoms with van der Waals surface area (Å²) in [5, 5.41) is 0. The Bertz CT molecular complexity index is 6.85. The molecule has 0 fully saturated rings. The Labute approximate surface area is 81.1 Å². The molecular weight excluding hydrogens is 378 g/mol. The van der Waals surface area contributed by atoms with Crippen LogP contribution in [0.2, 0.25) is 0 Å². The van der Waals surface area contributed by atoms with Crippen LogP contribution in [0.25, 0.3) is 0 Å². The fourth-order valence-electron chi connectivity index (χ4n) is 0. The van der Waals surface area contributed by atoms with Crippen LogP contribution < -0.4 is 0 Å². The maximum absolute atomic E-state index is 0. The third-order valence-electron chi connectivity index (χ3n) is 0. The third-order valence-corrected chi connectivity index (χ3v) is 0. The minimum Gasteiger partial charge on any atom is -2.00 e. The molecule has 1 radical (unpaired) electrons. The Morgan fingerprint density at radius 3 is 0.600 bits per heavy atom. The van der Waals surface area contributed by atoms with Gasteiger partial charge in [0.1, 0.15) is 0 Å². The van der Waals surface area contributed by atoms with E-state index in [9.17, 15) is 0 Å². The van der Waals surface area contributed by atoms with Crippen molar-refractivity contribution in [3.63, 3.8) is 0 Å². The number of hydrogen-bond acceptors (Lipinski definition) is 0. The molecule has 0 saturated carbocycles. The molecule has 0 saturated heterocycles. The van der Waals surface area contributed by atoms with Crippen molar-refractivity contribution in [3.05, 3.63) is 0 Å². The van der Waals surface area contributed by atoms with Crippen molar-refractivity contribution >= 4 is 40.5 Å². The van der Waals surface area contributed by atoms with Crippen LogP contribution in [-0.2, 0) is 82.0 Å². The van der Waals surface area contributed by atoms with Crippen LogP contribution in [0.4, 0.5) is 0 Å². The SMILES string of the molecule is [Mo+6].[Re].[S-2].[S-2].[S-2]. The maximum Gasteiger partial charge on any atom is 6.00 e. The quantitative estimate of drug-likeness (QED) is 0.521. The van der Waals surface area contributed by atoms with E-state index in [0.29, 0.717) is 0 Å². The van der Waals surface area contributed by atoms with E-state index in [1.165, 1.54) is 0 Å². The van der Waals surface area contributed by atoms with Gasteiger partial charge < -0.3 is 40.5 Å². The molecule has 0 heterocycles. The van der Waals surface area contributed by atoms with Crippen LogP contribution in [-0.4, -0.2) is 0 Å². The van der Waals surface area contributed by atoms with E-state index in [-0.39, 0.29) is 82.0 Å². The molecule has 31 valence electrons. The van der Waals surface area contributed by atoms with Gasteiger partial charge in [-0.2, -0.15) is 0 Å². The van der Waals surface area contributed by atoms with Gasteiger partial charge >= 0.3 is 21.1 Å². The van der Waals surface area contributed by atoms with Crippen molar-refractivity contribution in [2.24, 2.45) is 0 Å². The van der Waals surface area contributed by atoms with Gasteiger partial charge in [0.25, 0.3) is 0 Å². The molecule has 0 amide bonds. The average molecular weight is 378 g/mol. The summed E-state index contributed by atoms with van der Waals surface area (Å²) in [5.74, 6) is 0. The first-order valence-electron chi connectivity index (χ1n) is 0. The summed E-state index contributed by atoms with van der Waals surface area (Å²) in [6.45, 7) is 0. The fourth-order valence-corrected chi connectivity index (χ4v) is 0. The molecule has 0 unspecified atom stereocenters. The van der Waals surface area contributed by atoms with Crippen LogP contribution in [0, 0.1) is 0 Å². The van der Waals surface area contributed by atoms with Crippen molar-refractivity contribution in [2.45, 2.75) is 0 Å². The van der Waals surface area contributed by atoms with Crippen molar-refractivity contribution in [1.29, 1.82) is 0 Å². The van der Waals surface area contributed by atoms with Gasteiger partial charge in [-0.15, -0.1) is 0 Å². The van der Waals surface area contributed by atoms with Crippen molar-refractivity contribution in [2.75, 3.05) is 0 Å². The van der Waals surface area contributed by atoms with E-state index in [0.717, 1.165) is 0 Å². The normalized spacial score (nSPS) is 0. The Morgan fingerprint density at radius 2 is 0.600 bits per heavy atom. The largest absolute Gasteiger partial charge is 6.00 e. The smallest absolute Gasteiger partial charge is 2.00 e. The minimum absolute atomic E-state index is 0. The fraction of sp³-hybridized carbons (Fsp3) is 0. The van der Waals surface area contributed by atoms with Crippen LogP contribution >= 0.6 is 0 Å².